The maximum absolute atomic E-state index is 11.3. The van der Waals surface area contributed by atoms with E-state index >= 15 is 0 Å². The van der Waals surface area contributed by atoms with Crippen molar-refractivity contribution in [3.8, 4) is 0 Å². The minimum absolute atomic E-state index is 0.0399. The normalized spacial score (nSPS) is 12.8. The Morgan fingerprint density at radius 3 is 2.30 bits per heavy atom. The molecule has 0 radical (unpaired) electrons. The molecule has 4 aromatic carbocycles. The molecule has 1 amide bonds. The van der Waals surface area contributed by atoms with Gasteiger partial charge in [0, 0.05) is 0 Å². The van der Waals surface area contributed by atoms with E-state index in [0.29, 0.717) is 11.6 Å². The van der Waals surface area contributed by atoms with Gasteiger partial charge in [-0.15, -0.1) is 0 Å². The average Bonchev–Trinajstić information content (AvgIpc) is 2.79. The van der Waals surface area contributed by atoms with Crippen molar-refractivity contribution in [3.05, 3.63) is 83.9 Å². The zero-order valence-corrected chi connectivity index (χ0v) is 20.9. The summed E-state index contributed by atoms with van der Waals surface area (Å²) >= 11 is -4.83. The first kappa shape index (κ1) is 24.7. The number of carbonyl (C=O) groups is 1. The maximum atomic E-state index is 11.3. The number of carbonyl (C=O) groups excluding carboxylic acids is 1. The molecule has 0 aromatic heterocycles. The number of nitrogens with one attached hydrogen (secondary N) is 1. The smallest absolute Gasteiger partial charge is 0.0103 e. The number of rotatable bonds is 4. The fraction of sp³-hybridized carbons (Fsp3) is 0.192. The van der Waals surface area contributed by atoms with Crippen LogP contribution in [0.3, 0.4) is 0 Å². The summed E-state index contributed by atoms with van der Waals surface area (Å²) in [7, 11) is 0. The van der Waals surface area contributed by atoms with Crippen LogP contribution in [0.1, 0.15) is 37.8 Å². The zero-order valence-electron chi connectivity index (χ0n) is 19.1. The van der Waals surface area contributed by atoms with Crippen LogP contribution in [0.5, 0.6) is 0 Å². The van der Waals surface area contributed by atoms with Gasteiger partial charge in [0.15, 0.2) is 0 Å². The monoisotopic (exact) mass is 509 g/mol. The van der Waals surface area contributed by atoms with Crippen LogP contribution in [0.2, 0.25) is 0 Å². The molecule has 4 aromatic rings. The molecule has 3 N–H and O–H groups in total. The number of amides is 1. The summed E-state index contributed by atoms with van der Waals surface area (Å²) in [6.07, 6.45) is 0. The van der Waals surface area contributed by atoms with Crippen molar-refractivity contribution in [2.24, 2.45) is 0 Å². The van der Waals surface area contributed by atoms with Gasteiger partial charge in [0.2, 0.25) is 0 Å². The fourth-order valence-corrected chi connectivity index (χ4v) is 5.05. The molecule has 0 fully saturated rings. The summed E-state index contributed by atoms with van der Waals surface area (Å²) in [5, 5.41) is 16.1. The van der Waals surface area contributed by atoms with Gasteiger partial charge in [-0.3, -0.25) is 0 Å². The Hall–Kier alpha value is -2.89. The second kappa shape index (κ2) is 10.4. The van der Waals surface area contributed by atoms with Gasteiger partial charge in [-0.2, -0.15) is 0 Å². The third kappa shape index (κ3) is 5.92. The summed E-state index contributed by atoms with van der Waals surface area (Å²) in [6, 6.07) is 23.5. The van der Waals surface area contributed by atoms with Crippen LogP contribution in [0.15, 0.2) is 72.8 Å². The third-order valence-electron chi connectivity index (χ3n) is 5.39. The van der Waals surface area contributed by atoms with Crippen molar-refractivity contribution in [2.45, 2.75) is 33.6 Å². The molecule has 0 heterocycles. The molecule has 0 aliphatic rings. The quantitative estimate of drug-likeness (QED) is 0.154. The standard InChI is InChI=1S/C18H18.C8H10AsNO5/c1-12(2)14-7-10-17-15(11-14)8-9-16-13(3)5-4-6-18(16)17;1-6(11)10-8-4-2-3-7(5-8)9(12,13)15-14/h4-12H,1-3H3;2-5,14H,1H3,(H,10,11)(H,12,13). The van der Waals surface area contributed by atoms with Gasteiger partial charge in [0.05, 0.1) is 0 Å². The Morgan fingerprint density at radius 2 is 1.64 bits per heavy atom. The van der Waals surface area contributed by atoms with Crippen molar-refractivity contribution in [2.75, 3.05) is 5.32 Å². The van der Waals surface area contributed by atoms with Crippen LogP contribution in [0.25, 0.3) is 21.5 Å². The second-order valence-electron chi connectivity index (χ2n) is 8.20. The Labute approximate surface area is 196 Å². The molecule has 33 heavy (non-hydrogen) atoms. The van der Waals surface area contributed by atoms with E-state index in [4.69, 9.17) is 5.26 Å². The third-order valence-corrected chi connectivity index (χ3v) is 7.81. The molecule has 1 unspecified atom stereocenters. The molecule has 0 saturated heterocycles. The van der Waals surface area contributed by atoms with E-state index in [-0.39, 0.29) is 10.3 Å². The molecule has 0 saturated carbocycles. The summed E-state index contributed by atoms with van der Waals surface area (Å²) < 4.78 is 23.9. The molecule has 172 valence electrons. The molecule has 4 rings (SSSR count). The molecule has 6 nitrogen and oxygen atoms in total. The summed E-state index contributed by atoms with van der Waals surface area (Å²) in [4.78, 5) is 10.7. The van der Waals surface area contributed by atoms with Crippen LogP contribution >= 0.6 is 0 Å². The molecule has 1 atom stereocenters. The number of aryl methyl sites for hydroxylation is 1. The summed E-state index contributed by atoms with van der Waals surface area (Å²) in [6.45, 7) is 7.98. The molecule has 0 aliphatic carbocycles. The van der Waals surface area contributed by atoms with E-state index in [2.05, 4.69) is 78.5 Å². The van der Waals surface area contributed by atoms with Gasteiger partial charge < -0.3 is 0 Å². The van der Waals surface area contributed by atoms with Gasteiger partial charge in [0.25, 0.3) is 0 Å². The Balaban J connectivity index is 0.000000190. The van der Waals surface area contributed by atoms with Crippen LogP contribution < -0.4 is 9.67 Å². The summed E-state index contributed by atoms with van der Waals surface area (Å²) in [5.41, 5.74) is 3.13. The minimum atomic E-state index is -4.83. The Bertz CT molecular complexity index is 1350. The van der Waals surface area contributed by atoms with Crippen LogP contribution in [0, 0.1) is 6.92 Å². The molecule has 7 heteroatoms. The molecular formula is C26H28AsNO5. The van der Waals surface area contributed by atoms with Crippen molar-refractivity contribution < 1.29 is 21.8 Å². The summed E-state index contributed by atoms with van der Waals surface area (Å²) in [5.74, 6) is 0.291. The van der Waals surface area contributed by atoms with Gasteiger partial charge in [-0.05, 0) is 45.5 Å². The van der Waals surface area contributed by atoms with Crippen molar-refractivity contribution in [1.29, 1.82) is 0 Å². The first-order valence-corrected chi connectivity index (χ1v) is 13.9. The molecule has 0 aliphatic heterocycles. The first-order valence-electron chi connectivity index (χ1n) is 10.6. The van der Waals surface area contributed by atoms with Gasteiger partial charge in [0.1, 0.15) is 0 Å². The van der Waals surface area contributed by atoms with Crippen molar-refractivity contribution in [3.63, 3.8) is 0 Å². The average molecular weight is 509 g/mol. The minimum Gasteiger partial charge on any atom is -0.0613 e. The van der Waals surface area contributed by atoms with E-state index in [0.717, 1.165) is 0 Å². The molecule has 0 spiro atoms. The van der Waals surface area contributed by atoms with E-state index in [1.165, 1.54) is 57.8 Å². The Morgan fingerprint density at radius 1 is 0.939 bits per heavy atom. The number of fused-ring (bicyclic) bond motifs is 3. The van der Waals surface area contributed by atoms with Gasteiger partial charge >= 0.3 is 88.4 Å². The fourth-order valence-electron chi connectivity index (χ4n) is 3.64. The van der Waals surface area contributed by atoms with E-state index in [9.17, 15) is 12.6 Å². The second-order valence-corrected chi connectivity index (χ2v) is 11.8. The van der Waals surface area contributed by atoms with Crippen LogP contribution in [-0.2, 0) is 12.4 Å². The van der Waals surface area contributed by atoms with E-state index in [1.807, 2.05) is 0 Å². The maximum Gasteiger partial charge on any atom is -0.0103 e. The predicted molar refractivity (Wildman–Crippen MR) is 133 cm³/mol. The van der Waals surface area contributed by atoms with Crippen molar-refractivity contribution in [1.82, 2.24) is 0 Å². The number of benzene rings is 4. The van der Waals surface area contributed by atoms with Gasteiger partial charge in [-0.1, -0.05) is 62.4 Å². The topological polar surface area (TPSA) is 95.9 Å². The number of hydrogen-bond acceptors (Lipinski definition) is 4. The van der Waals surface area contributed by atoms with Gasteiger partial charge in [-0.25, -0.2) is 0 Å². The molecule has 0 bridgehead atoms. The van der Waals surface area contributed by atoms with Crippen LogP contribution in [-0.4, -0.2) is 29.4 Å². The van der Waals surface area contributed by atoms with Crippen LogP contribution in [0.4, 0.5) is 5.69 Å². The number of hydrogen-bond donors (Lipinski definition) is 3. The van der Waals surface area contributed by atoms with E-state index < -0.39 is 14.2 Å². The Kier molecular flexibility index (Phi) is 7.77. The largest absolute Gasteiger partial charge is 0.0613 e. The predicted octanol–water partition coefficient (Wildman–Crippen LogP) is 5.13. The SMILES string of the molecule is CC(=O)Nc1cccc([As](=O)(O)OO)c1.Cc1cccc2c1ccc1cc(C(C)C)ccc12. The van der Waals surface area contributed by atoms with E-state index in [1.54, 1.807) is 6.07 Å². The zero-order chi connectivity index (χ0) is 24.2. The van der Waals surface area contributed by atoms with Crippen molar-refractivity contribution >= 4 is 51.7 Å². The number of anilines is 1. The first-order chi connectivity index (χ1) is 15.6. The molecular weight excluding hydrogens is 481 g/mol.